The maximum absolute atomic E-state index is 5.82. The molecule has 0 unspecified atom stereocenters. The molecule has 0 aliphatic rings. The molecule has 3 aromatic rings. The van der Waals surface area contributed by atoms with Crippen molar-refractivity contribution in [2.75, 3.05) is 0 Å². The van der Waals surface area contributed by atoms with Gasteiger partial charge in [0.2, 0.25) is 5.28 Å². The van der Waals surface area contributed by atoms with Gasteiger partial charge in [-0.3, -0.25) is 0 Å². The molecule has 3 heterocycles. The summed E-state index contributed by atoms with van der Waals surface area (Å²) in [5, 5.41) is 7.99. The van der Waals surface area contributed by atoms with Crippen molar-refractivity contribution >= 4 is 11.6 Å². The Kier molecular flexibility index (Phi) is 2.26. The summed E-state index contributed by atoms with van der Waals surface area (Å²) in [5.74, 6) is 0.605. The highest BCUT2D eigenvalue weighted by molar-refractivity contribution is 6.28. The Labute approximate surface area is 99.9 Å². The van der Waals surface area contributed by atoms with E-state index in [4.69, 9.17) is 11.6 Å². The molecule has 0 fully saturated rings. The van der Waals surface area contributed by atoms with Gasteiger partial charge in [-0.15, -0.1) is 0 Å². The third-order valence-electron chi connectivity index (χ3n) is 1.92. The van der Waals surface area contributed by atoms with Crippen LogP contribution in [0.3, 0.4) is 0 Å². The molecule has 0 saturated carbocycles. The maximum atomic E-state index is 5.82. The highest BCUT2D eigenvalue weighted by atomic mass is 35.5. The highest BCUT2D eigenvalue weighted by Crippen LogP contribution is 2.07. The third kappa shape index (κ3) is 1.85. The van der Waals surface area contributed by atoms with E-state index in [1.54, 1.807) is 18.5 Å². The quantitative estimate of drug-likeness (QED) is 0.648. The summed E-state index contributed by atoms with van der Waals surface area (Å²) < 4.78 is 2.87. The normalized spacial score (nSPS) is 10.6. The Morgan fingerprint density at radius 3 is 2.47 bits per heavy atom. The lowest BCUT2D eigenvalue weighted by Gasteiger charge is -2.02. The van der Waals surface area contributed by atoms with Gasteiger partial charge in [-0.05, 0) is 17.7 Å². The van der Waals surface area contributed by atoms with Crippen LogP contribution in [0.15, 0.2) is 31.1 Å². The minimum absolute atomic E-state index is 0.0657. The monoisotopic (exact) mass is 248 g/mol. The molecule has 0 bridgehead atoms. The van der Waals surface area contributed by atoms with E-state index in [9.17, 15) is 0 Å². The van der Waals surface area contributed by atoms with Crippen molar-refractivity contribution in [2.24, 2.45) is 0 Å². The van der Waals surface area contributed by atoms with Crippen LogP contribution in [-0.4, -0.2) is 39.5 Å². The van der Waals surface area contributed by atoms with E-state index < -0.39 is 0 Å². The van der Waals surface area contributed by atoms with Gasteiger partial charge in [0.05, 0.1) is 0 Å². The van der Waals surface area contributed by atoms with Crippen LogP contribution in [0.2, 0.25) is 5.28 Å². The zero-order valence-corrected chi connectivity index (χ0v) is 9.10. The zero-order valence-electron chi connectivity index (χ0n) is 8.34. The molecule has 0 aliphatic carbocycles. The number of nitrogens with zero attached hydrogens (tertiary/aromatic N) is 8. The van der Waals surface area contributed by atoms with Gasteiger partial charge in [-0.2, -0.15) is 29.8 Å². The fourth-order valence-electron chi connectivity index (χ4n) is 1.23. The second-order valence-electron chi connectivity index (χ2n) is 3.00. The predicted octanol–water partition coefficient (Wildman–Crippen LogP) is 0.291. The van der Waals surface area contributed by atoms with Crippen LogP contribution in [0.5, 0.6) is 0 Å². The zero-order chi connectivity index (χ0) is 11.7. The molecule has 0 atom stereocenters. The molecule has 0 radical (unpaired) electrons. The van der Waals surface area contributed by atoms with Gasteiger partial charge in [0.25, 0.3) is 11.9 Å². The second-order valence-corrected chi connectivity index (χ2v) is 3.33. The molecule has 0 aromatic carbocycles. The van der Waals surface area contributed by atoms with Gasteiger partial charge in [-0.1, -0.05) is 0 Å². The highest BCUT2D eigenvalue weighted by Gasteiger charge is 2.08. The first-order valence-corrected chi connectivity index (χ1v) is 4.97. The van der Waals surface area contributed by atoms with Gasteiger partial charge in [0.15, 0.2) is 0 Å². The molecular formula is C8H5ClN8. The number of rotatable bonds is 2. The molecule has 84 valence electrons. The summed E-state index contributed by atoms with van der Waals surface area (Å²) in [6, 6.07) is 1.76. The molecule has 3 aromatic heterocycles. The summed E-state index contributed by atoms with van der Waals surface area (Å²) in [4.78, 5) is 15.9. The van der Waals surface area contributed by atoms with Gasteiger partial charge in [-0.25, -0.2) is 9.67 Å². The third-order valence-corrected chi connectivity index (χ3v) is 2.09. The number of halogens is 1. The van der Waals surface area contributed by atoms with Gasteiger partial charge < -0.3 is 0 Å². The lowest BCUT2D eigenvalue weighted by Crippen LogP contribution is -2.09. The SMILES string of the molecule is Clc1nc(-n2cccn2)nc(-n2cncn2)n1. The summed E-state index contributed by atoms with van der Waals surface area (Å²) in [5.41, 5.74) is 0. The summed E-state index contributed by atoms with van der Waals surface area (Å²) in [7, 11) is 0. The average molecular weight is 249 g/mol. The van der Waals surface area contributed by atoms with E-state index in [1.165, 1.54) is 22.0 Å². The molecule has 0 aliphatic heterocycles. The van der Waals surface area contributed by atoms with Gasteiger partial charge >= 0.3 is 0 Å². The first kappa shape index (κ1) is 9.85. The predicted molar refractivity (Wildman–Crippen MR) is 56.9 cm³/mol. The number of aromatic nitrogens is 8. The van der Waals surface area contributed by atoms with Crippen LogP contribution < -0.4 is 0 Å². The van der Waals surface area contributed by atoms with Crippen LogP contribution in [-0.2, 0) is 0 Å². The van der Waals surface area contributed by atoms with Crippen molar-refractivity contribution in [2.45, 2.75) is 0 Å². The van der Waals surface area contributed by atoms with Crippen molar-refractivity contribution in [1.82, 2.24) is 39.5 Å². The Bertz CT molecular complexity index is 565. The lowest BCUT2D eigenvalue weighted by molar-refractivity contribution is 0.743. The Morgan fingerprint density at radius 1 is 1.00 bits per heavy atom. The fraction of sp³-hybridized carbons (Fsp3) is 0. The van der Waals surface area contributed by atoms with Crippen LogP contribution in [0.1, 0.15) is 0 Å². The molecule has 9 heteroatoms. The van der Waals surface area contributed by atoms with E-state index in [-0.39, 0.29) is 11.2 Å². The topological polar surface area (TPSA) is 87.2 Å². The van der Waals surface area contributed by atoms with Gasteiger partial charge in [0.1, 0.15) is 12.7 Å². The van der Waals surface area contributed by atoms with Crippen LogP contribution in [0.25, 0.3) is 11.9 Å². The van der Waals surface area contributed by atoms with E-state index in [0.29, 0.717) is 5.95 Å². The van der Waals surface area contributed by atoms with Crippen LogP contribution >= 0.6 is 11.6 Å². The molecule has 0 amide bonds. The smallest absolute Gasteiger partial charge is 0.223 e. The van der Waals surface area contributed by atoms with E-state index in [2.05, 4.69) is 30.1 Å². The molecule has 8 nitrogen and oxygen atoms in total. The molecule has 17 heavy (non-hydrogen) atoms. The first-order valence-electron chi connectivity index (χ1n) is 4.59. The first-order chi connectivity index (χ1) is 8.33. The van der Waals surface area contributed by atoms with E-state index in [0.717, 1.165) is 0 Å². The van der Waals surface area contributed by atoms with Crippen molar-refractivity contribution in [1.29, 1.82) is 0 Å². The molecular weight excluding hydrogens is 244 g/mol. The minimum Gasteiger partial charge on any atom is -0.223 e. The maximum Gasteiger partial charge on any atom is 0.258 e. The average Bonchev–Trinajstić information content (AvgIpc) is 3.02. The van der Waals surface area contributed by atoms with E-state index >= 15 is 0 Å². The van der Waals surface area contributed by atoms with Crippen LogP contribution in [0.4, 0.5) is 0 Å². The summed E-state index contributed by atoms with van der Waals surface area (Å²) in [6.07, 6.45) is 6.17. The van der Waals surface area contributed by atoms with Crippen molar-refractivity contribution in [3.8, 4) is 11.9 Å². The summed E-state index contributed by atoms with van der Waals surface area (Å²) in [6.45, 7) is 0. The van der Waals surface area contributed by atoms with Crippen LogP contribution in [0, 0.1) is 0 Å². The van der Waals surface area contributed by atoms with Gasteiger partial charge in [0, 0.05) is 12.4 Å². The molecule has 0 saturated heterocycles. The largest absolute Gasteiger partial charge is 0.258 e. The second kappa shape index (κ2) is 3.91. The minimum atomic E-state index is 0.0657. The van der Waals surface area contributed by atoms with Crippen molar-refractivity contribution in [3.05, 3.63) is 36.4 Å². The molecule has 3 rings (SSSR count). The molecule has 0 N–H and O–H groups in total. The van der Waals surface area contributed by atoms with Crippen molar-refractivity contribution in [3.63, 3.8) is 0 Å². The fourth-order valence-corrected chi connectivity index (χ4v) is 1.38. The van der Waals surface area contributed by atoms with Crippen molar-refractivity contribution < 1.29 is 0 Å². The Morgan fingerprint density at radius 2 is 1.82 bits per heavy atom. The number of hydrogen-bond acceptors (Lipinski definition) is 6. The Hall–Kier alpha value is -2.35. The molecule has 0 spiro atoms. The summed E-state index contributed by atoms with van der Waals surface area (Å²) >= 11 is 5.82. The Balaban J connectivity index is 2.13. The van der Waals surface area contributed by atoms with E-state index in [1.807, 2.05) is 0 Å². The number of hydrogen-bond donors (Lipinski definition) is 0. The standard InChI is InChI=1S/C8H5ClN8/c9-6-13-7(16-3-1-2-11-16)15-8(14-6)17-5-10-4-12-17/h1-5H. The lowest BCUT2D eigenvalue weighted by atomic mass is 10.7.